The van der Waals surface area contributed by atoms with Crippen LogP contribution in [0.1, 0.15) is 45.4 Å². The third-order valence-corrected chi connectivity index (χ3v) is 9.16. The highest BCUT2D eigenvalue weighted by Crippen LogP contribution is 2.29. The van der Waals surface area contributed by atoms with E-state index < -0.39 is 27.3 Å². The summed E-state index contributed by atoms with van der Waals surface area (Å²) in [6.07, 6.45) is 4.07. The highest BCUT2D eigenvalue weighted by molar-refractivity contribution is 7.89. The van der Waals surface area contributed by atoms with E-state index in [0.29, 0.717) is 71.0 Å². The van der Waals surface area contributed by atoms with E-state index in [1.54, 1.807) is 16.1 Å². The van der Waals surface area contributed by atoms with Crippen molar-refractivity contribution < 1.29 is 23.1 Å². The Morgan fingerprint density at radius 2 is 1.48 bits per heavy atom. The van der Waals surface area contributed by atoms with Gasteiger partial charge in [0.15, 0.2) is 0 Å². The van der Waals surface area contributed by atoms with Crippen molar-refractivity contribution in [3.63, 3.8) is 0 Å². The maximum Gasteiger partial charge on any atom is 0.306 e. The third kappa shape index (κ3) is 5.10. The molecule has 0 unspecified atom stereocenters. The zero-order chi connectivity index (χ0) is 21.2. The molecule has 1 amide bonds. The Morgan fingerprint density at radius 3 is 1.97 bits per heavy atom. The lowest BCUT2D eigenvalue weighted by Gasteiger charge is -2.42. The van der Waals surface area contributed by atoms with Crippen molar-refractivity contribution >= 4 is 21.9 Å². The van der Waals surface area contributed by atoms with Crippen molar-refractivity contribution in [3.05, 3.63) is 0 Å². The number of likely N-dealkylation sites (tertiary alicyclic amines) is 1. The molecular formula is C19H34N4O5S. The second-order valence-corrected chi connectivity index (χ2v) is 10.8. The molecular weight excluding hydrogens is 396 g/mol. The molecule has 0 bridgehead atoms. The number of amides is 1. The van der Waals surface area contributed by atoms with Crippen LogP contribution in [0.4, 0.5) is 0 Å². The maximum atomic E-state index is 13.1. The summed E-state index contributed by atoms with van der Waals surface area (Å²) in [5.74, 6) is -1.05. The number of carboxylic acid groups (broad SMARTS) is 1. The lowest BCUT2D eigenvalue weighted by Crippen LogP contribution is -2.55. The van der Waals surface area contributed by atoms with Crippen LogP contribution < -0.4 is 5.73 Å². The monoisotopic (exact) mass is 430 g/mol. The van der Waals surface area contributed by atoms with E-state index in [1.165, 1.54) is 0 Å². The number of nitrogens with two attached hydrogens (primary N) is 1. The molecule has 0 aromatic rings. The average Bonchev–Trinajstić information content (AvgIpc) is 2.73. The fourth-order valence-corrected chi connectivity index (χ4v) is 6.78. The van der Waals surface area contributed by atoms with Gasteiger partial charge in [0.2, 0.25) is 15.9 Å². The fraction of sp³-hybridized carbons (Fsp3) is 0.895. The van der Waals surface area contributed by atoms with Gasteiger partial charge in [0.1, 0.15) is 0 Å². The zero-order valence-corrected chi connectivity index (χ0v) is 18.0. The average molecular weight is 431 g/mol. The van der Waals surface area contributed by atoms with E-state index in [2.05, 4.69) is 4.90 Å². The predicted molar refractivity (Wildman–Crippen MR) is 109 cm³/mol. The van der Waals surface area contributed by atoms with Crippen molar-refractivity contribution in [2.24, 2.45) is 11.7 Å². The Kier molecular flexibility index (Phi) is 7.19. The number of hydrogen-bond acceptors (Lipinski definition) is 6. The van der Waals surface area contributed by atoms with Crippen molar-refractivity contribution in [2.75, 3.05) is 39.3 Å². The Labute approximate surface area is 173 Å². The molecule has 2 heterocycles. The number of nitrogens with zero attached hydrogens (tertiary/aromatic N) is 3. The Bertz CT molecular complexity index is 689. The van der Waals surface area contributed by atoms with Crippen LogP contribution in [0.5, 0.6) is 0 Å². The van der Waals surface area contributed by atoms with Crippen LogP contribution in [-0.2, 0) is 19.6 Å². The van der Waals surface area contributed by atoms with Gasteiger partial charge < -0.3 is 15.7 Å². The second-order valence-electron chi connectivity index (χ2n) is 8.64. The van der Waals surface area contributed by atoms with Gasteiger partial charge in [-0.3, -0.25) is 14.5 Å². The number of carboxylic acids is 1. The molecule has 1 saturated carbocycles. The van der Waals surface area contributed by atoms with Gasteiger partial charge in [0, 0.05) is 45.3 Å². The summed E-state index contributed by atoms with van der Waals surface area (Å²) in [6.45, 7) is 4.90. The number of piperidine rings is 1. The summed E-state index contributed by atoms with van der Waals surface area (Å²) in [5.41, 5.74) is 5.65. The molecule has 10 heteroatoms. The molecule has 166 valence electrons. The van der Waals surface area contributed by atoms with E-state index >= 15 is 0 Å². The van der Waals surface area contributed by atoms with Crippen molar-refractivity contribution in [3.8, 4) is 0 Å². The van der Waals surface area contributed by atoms with Crippen molar-refractivity contribution in [2.45, 2.75) is 62.8 Å². The van der Waals surface area contributed by atoms with Crippen LogP contribution in [-0.4, -0.2) is 96.1 Å². The lowest BCUT2D eigenvalue weighted by atomic mass is 9.85. The first-order valence-electron chi connectivity index (χ1n) is 10.7. The molecule has 2 aliphatic heterocycles. The number of aliphatic carboxylic acids is 1. The summed E-state index contributed by atoms with van der Waals surface area (Å²) in [7, 11) is -3.37. The lowest BCUT2D eigenvalue weighted by molar-refractivity contribution is -0.143. The van der Waals surface area contributed by atoms with Crippen molar-refractivity contribution in [1.82, 2.24) is 14.1 Å². The van der Waals surface area contributed by atoms with Crippen molar-refractivity contribution in [1.29, 1.82) is 0 Å². The topological polar surface area (TPSA) is 124 Å². The Balaban J connectivity index is 1.48. The predicted octanol–water partition coefficient (Wildman–Crippen LogP) is -0.0846. The fourth-order valence-electron chi connectivity index (χ4n) is 4.88. The summed E-state index contributed by atoms with van der Waals surface area (Å²) >= 11 is 0. The molecule has 3 aliphatic rings. The van der Waals surface area contributed by atoms with Gasteiger partial charge >= 0.3 is 5.97 Å². The summed E-state index contributed by atoms with van der Waals surface area (Å²) < 4.78 is 27.7. The van der Waals surface area contributed by atoms with Crippen LogP contribution in [0.15, 0.2) is 0 Å². The normalized spacial score (nSPS) is 29.5. The Hall–Kier alpha value is -1.23. The van der Waals surface area contributed by atoms with Crippen LogP contribution in [0.2, 0.25) is 0 Å². The Morgan fingerprint density at radius 1 is 0.931 bits per heavy atom. The largest absolute Gasteiger partial charge is 0.481 e. The van der Waals surface area contributed by atoms with Crippen LogP contribution in [0, 0.1) is 5.92 Å². The first-order valence-corrected chi connectivity index (χ1v) is 12.2. The quantitative estimate of drug-likeness (QED) is 0.625. The van der Waals surface area contributed by atoms with Gasteiger partial charge in [-0.25, -0.2) is 8.42 Å². The van der Waals surface area contributed by atoms with Gasteiger partial charge in [-0.15, -0.1) is 0 Å². The summed E-state index contributed by atoms with van der Waals surface area (Å²) in [5, 5.41) is 8.71. The molecule has 0 aromatic heterocycles. The van der Waals surface area contributed by atoms with Gasteiger partial charge in [-0.2, -0.15) is 4.31 Å². The standard InChI is InChI=1S/C19H34N4O5S/c1-14(20)18(24)22-8-6-17(7-9-22)29(27,28)23-12-10-21(11-13-23)16-4-2-15(3-5-16)19(25)26/h14-17H,2-13,20H2,1H3,(H,25,26)/t14-,15?,16?/m0/s1. The highest BCUT2D eigenvalue weighted by Gasteiger charge is 2.38. The van der Waals surface area contributed by atoms with Gasteiger partial charge in [0.25, 0.3) is 0 Å². The zero-order valence-electron chi connectivity index (χ0n) is 17.2. The minimum absolute atomic E-state index is 0.118. The third-order valence-electron chi connectivity index (χ3n) is 6.76. The van der Waals surface area contributed by atoms with E-state index in [9.17, 15) is 18.0 Å². The second kappa shape index (κ2) is 9.28. The molecule has 29 heavy (non-hydrogen) atoms. The number of hydrogen-bond donors (Lipinski definition) is 2. The molecule has 3 rings (SSSR count). The maximum absolute atomic E-state index is 13.1. The molecule has 1 atom stereocenters. The SMILES string of the molecule is C[C@H](N)C(=O)N1CCC(S(=O)(=O)N2CCN(C3CCC(C(=O)O)CC3)CC2)CC1. The molecule has 9 nitrogen and oxygen atoms in total. The first kappa shape index (κ1) is 22.5. The van der Waals surface area contributed by atoms with Crippen LogP contribution in [0.25, 0.3) is 0 Å². The van der Waals surface area contributed by atoms with E-state index in [1.807, 2.05) is 0 Å². The number of carbonyl (C=O) groups is 2. The van der Waals surface area contributed by atoms with E-state index in [-0.39, 0.29) is 11.8 Å². The van der Waals surface area contributed by atoms with Gasteiger partial charge in [-0.05, 0) is 45.4 Å². The summed E-state index contributed by atoms with van der Waals surface area (Å²) in [6, 6.07) is -0.190. The number of rotatable bonds is 5. The van der Waals surface area contributed by atoms with E-state index in [0.717, 1.165) is 12.8 Å². The molecule has 0 spiro atoms. The van der Waals surface area contributed by atoms with Crippen LogP contribution in [0.3, 0.4) is 0 Å². The number of carbonyl (C=O) groups excluding carboxylic acids is 1. The highest BCUT2D eigenvalue weighted by atomic mass is 32.2. The molecule has 0 aromatic carbocycles. The van der Waals surface area contributed by atoms with Crippen LogP contribution >= 0.6 is 0 Å². The first-order chi connectivity index (χ1) is 13.7. The minimum Gasteiger partial charge on any atom is -0.481 e. The van der Waals surface area contributed by atoms with E-state index in [4.69, 9.17) is 10.8 Å². The molecule has 0 radical (unpaired) electrons. The molecule has 3 fully saturated rings. The summed E-state index contributed by atoms with van der Waals surface area (Å²) in [4.78, 5) is 27.1. The van der Waals surface area contributed by atoms with Gasteiger partial charge in [-0.1, -0.05) is 0 Å². The molecule has 1 aliphatic carbocycles. The number of sulfonamides is 1. The molecule has 3 N–H and O–H groups in total. The van der Waals surface area contributed by atoms with Gasteiger partial charge in [0.05, 0.1) is 17.2 Å². The molecule has 2 saturated heterocycles. The number of piperazine rings is 1. The minimum atomic E-state index is -3.37. The smallest absolute Gasteiger partial charge is 0.306 e.